The molecule has 0 bridgehead atoms. The minimum Gasteiger partial charge on any atom is -0.453 e. The van der Waals surface area contributed by atoms with E-state index in [1.807, 2.05) is 17.0 Å². The first kappa shape index (κ1) is 17.3. The summed E-state index contributed by atoms with van der Waals surface area (Å²) in [4.78, 5) is 37.2. The van der Waals surface area contributed by atoms with E-state index >= 15 is 0 Å². The summed E-state index contributed by atoms with van der Waals surface area (Å²) in [6, 6.07) is 7.14. The molecule has 2 fully saturated rings. The summed E-state index contributed by atoms with van der Waals surface area (Å²) in [5.41, 5.74) is 1.54. The van der Waals surface area contributed by atoms with Crippen LogP contribution in [0.5, 0.6) is 0 Å². The van der Waals surface area contributed by atoms with E-state index in [-0.39, 0.29) is 17.7 Å². The van der Waals surface area contributed by atoms with Gasteiger partial charge in [0.05, 0.1) is 13.0 Å². The molecule has 2 aliphatic rings. The Balaban J connectivity index is 1.45. The Kier molecular flexibility index (Phi) is 5.21. The number of hydrogen-bond acceptors (Lipinski definition) is 4. The lowest BCUT2D eigenvalue weighted by atomic mass is 10.1. The number of carbonyl (C=O) groups excluding carboxylic acids is 3. The van der Waals surface area contributed by atoms with Crippen LogP contribution in [0.2, 0.25) is 0 Å². The zero-order chi connectivity index (χ0) is 17.8. The highest BCUT2D eigenvalue weighted by molar-refractivity contribution is 5.89. The van der Waals surface area contributed by atoms with Crippen LogP contribution < -0.4 is 10.6 Å². The molecule has 7 heteroatoms. The Morgan fingerprint density at radius 3 is 2.60 bits per heavy atom. The van der Waals surface area contributed by atoms with Crippen molar-refractivity contribution >= 4 is 23.6 Å². The fourth-order valence-corrected chi connectivity index (χ4v) is 2.94. The summed E-state index contributed by atoms with van der Waals surface area (Å²) in [7, 11) is 1.30. The number of nitrogens with one attached hydrogen (secondary N) is 2. The van der Waals surface area contributed by atoms with Crippen LogP contribution in [0.4, 0.5) is 10.5 Å². The predicted octanol–water partition coefficient (Wildman–Crippen LogP) is 1.74. The van der Waals surface area contributed by atoms with Gasteiger partial charge in [0, 0.05) is 31.7 Å². The number of carbonyl (C=O) groups is 3. The third-order valence-electron chi connectivity index (χ3n) is 4.61. The van der Waals surface area contributed by atoms with Gasteiger partial charge in [0.25, 0.3) is 0 Å². The zero-order valence-electron chi connectivity index (χ0n) is 14.3. The molecule has 1 aromatic carbocycles. The summed E-state index contributed by atoms with van der Waals surface area (Å²) in [6.45, 7) is 1.73. The number of likely N-dealkylation sites (tertiary alicyclic amines) is 1. The van der Waals surface area contributed by atoms with Crippen molar-refractivity contribution in [1.29, 1.82) is 0 Å². The summed E-state index contributed by atoms with van der Waals surface area (Å²) < 4.78 is 4.53. The summed E-state index contributed by atoms with van der Waals surface area (Å²) in [6.07, 6.45) is 2.17. The van der Waals surface area contributed by atoms with Gasteiger partial charge in [-0.15, -0.1) is 0 Å². The van der Waals surface area contributed by atoms with Gasteiger partial charge in [-0.05, 0) is 36.5 Å². The number of amides is 3. The van der Waals surface area contributed by atoms with Crippen LogP contribution in [-0.4, -0.2) is 43.0 Å². The predicted molar refractivity (Wildman–Crippen MR) is 91.7 cm³/mol. The molecule has 3 rings (SSSR count). The fraction of sp³-hybridized carbons (Fsp3) is 0.500. The number of methoxy groups -OCH3 is 1. The van der Waals surface area contributed by atoms with Gasteiger partial charge in [0.15, 0.2) is 0 Å². The molecule has 1 aliphatic heterocycles. The second-order valence-corrected chi connectivity index (χ2v) is 6.67. The van der Waals surface area contributed by atoms with Gasteiger partial charge in [-0.25, -0.2) is 4.79 Å². The fourth-order valence-electron chi connectivity index (χ4n) is 2.94. The minimum atomic E-state index is -0.525. The summed E-state index contributed by atoms with van der Waals surface area (Å²) in [5, 5.41) is 5.46. The van der Waals surface area contributed by atoms with Crippen molar-refractivity contribution in [2.45, 2.75) is 25.8 Å². The molecular weight excluding hydrogens is 322 g/mol. The Morgan fingerprint density at radius 2 is 1.96 bits per heavy atom. The largest absolute Gasteiger partial charge is 0.453 e. The number of rotatable bonds is 6. The second kappa shape index (κ2) is 7.55. The number of hydrogen-bond donors (Lipinski definition) is 2. The Labute approximate surface area is 146 Å². The SMILES string of the molecule is COC(=O)Nc1ccc(CNC(=O)[C@@H]2CC(=O)N(CC3CC3)C2)cc1. The average molecular weight is 345 g/mol. The monoisotopic (exact) mass is 345 g/mol. The molecule has 1 heterocycles. The van der Waals surface area contributed by atoms with Crippen LogP contribution >= 0.6 is 0 Å². The average Bonchev–Trinajstić information content (AvgIpc) is 3.36. The van der Waals surface area contributed by atoms with Gasteiger partial charge in [0.2, 0.25) is 11.8 Å². The van der Waals surface area contributed by atoms with E-state index in [4.69, 9.17) is 0 Å². The van der Waals surface area contributed by atoms with Crippen molar-refractivity contribution in [3.05, 3.63) is 29.8 Å². The van der Waals surface area contributed by atoms with E-state index in [0.29, 0.717) is 31.1 Å². The van der Waals surface area contributed by atoms with Gasteiger partial charge in [-0.2, -0.15) is 0 Å². The van der Waals surface area contributed by atoms with Crippen LogP contribution in [0.15, 0.2) is 24.3 Å². The van der Waals surface area contributed by atoms with Gasteiger partial charge in [-0.1, -0.05) is 12.1 Å². The molecule has 1 saturated carbocycles. The van der Waals surface area contributed by atoms with Crippen molar-refractivity contribution in [3.8, 4) is 0 Å². The molecule has 1 aliphatic carbocycles. The number of anilines is 1. The number of ether oxygens (including phenoxy) is 1. The maximum atomic E-state index is 12.3. The maximum Gasteiger partial charge on any atom is 0.411 e. The Hall–Kier alpha value is -2.57. The second-order valence-electron chi connectivity index (χ2n) is 6.67. The van der Waals surface area contributed by atoms with Crippen molar-refractivity contribution < 1.29 is 19.1 Å². The molecule has 1 saturated heterocycles. The summed E-state index contributed by atoms with van der Waals surface area (Å²) in [5.74, 6) is 0.392. The zero-order valence-corrected chi connectivity index (χ0v) is 14.3. The standard InChI is InChI=1S/C18H23N3O4/c1-25-18(24)20-15-6-4-12(5-7-15)9-19-17(23)14-8-16(22)21(11-14)10-13-2-3-13/h4-7,13-14H,2-3,8-11H2,1H3,(H,19,23)(H,20,24)/t14-/m1/s1. The first-order chi connectivity index (χ1) is 12.0. The lowest BCUT2D eigenvalue weighted by Gasteiger charge is -2.16. The van der Waals surface area contributed by atoms with Crippen molar-refractivity contribution in [3.63, 3.8) is 0 Å². The third kappa shape index (κ3) is 4.71. The Morgan fingerprint density at radius 1 is 1.24 bits per heavy atom. The molecule has 0 unspecified atom stereocenters. The van der Waals surface area contributed by atoms with E-state index < -0.39 is 6.09 Å². The lowest BCUT2D eigenvalue weighted by Crippen LogP contribution is -2.33. The number of benzene rings is 1. The van der Waals surface area contributed by atoms with E-state index in [9.17, 15) is 14.4 Å². The smallest absolute Gasteiger partial charge is 0.411 e. The van der Waals surface area contributed by atoms with E-state index in [1.165, 1.54) is 20.0 Å². The lowest BCUT2D eigenvalue weighted by molar-refractivity contribution is -0.129. The van der Waals surface area contributed by atoms with Crippen LogP contribution in [0.3, 0.4) is 0 Å². The first-order valence-electron chi connectivity index (χ1n) is 8.54. The number of nitrogens with zero attached hydrogens (tertiary/aromatic N) is 1. The molecule has 2 N–H and O–H groups in total. The minimum absolute atomic E-state index is 0.0802. The normalized spacial score (nSPS) is 19.6. The molecule has 7 nitrogen and oxygen atoms in total. The molecule has 134 valence electrons. The molecular formula is C18H23N3O4. The molecule has 1 atom stereocenters. The molecule has 1 aromatic rings. The van der Waals surface area contributed by atoms with Crippen LogP contribution in [0.1, 0.15) is 24.8 Å². The topological polar surface area (TPSA) is 87.7 Å². The highest BCUT2D eigenvalue weighted by atomic mass is 16.5. The van der Waals surface area contributed by atoms with Crippen molar-refractivity contribution in [1.82, 2.24) is 10.2 Å². The van der Waals surface area contributed by atoms with E-state index in [0.717, 1.165) is 12.1 Å². The molecule has 3 amide bonds. The van der Waals surface area contributed by atoms with Crippen molar-refractivity contribution in [2.75, 3.05) is 25.5 Å². The first-order valence-corrected chi connectivity index (χ1v) is 8.54. The van der Waals surface area contributed by atoms with Gasteiger partial charge < -0.3 is 15.0 Å². The van der Waals surface area contributed by atoms with E-state index in [1.54, 1.807) is 12.1 Å². The van der Waals surface area contributed by atoms with Gasteiger partial charge in [-0.3, -0.25) is 14.9 Å². The van der Waals surface area contributed by atoms with Crippen LogP contribution in [0.25, 0.3) is 0 Å². The highest BCUT2D eigenvalue weighted by Crippen LogP contribution is 2.32. The van der Waals surface area contributed by atoms with Gasteiger partial charge in [0.1, 0.15) is 0 Å². The molecule has 25 heavy (non-hydrogen) atoms. The quantitative estimate of drug-likeness (QED) is 0.822. The molecule has 0 radical (unpaired) electrons. The molecule has 0 aromatic heterocycles. The van der Waals surface area contributed by atoms with Gasteiger partial charge >= 0.3 is 6.09 Å². The maximum absolute atomic E-state index is 12.3. The van der Waals surface area contributed by atoms with Crippen LogP contribution in [-0.2, 0) is 20.9 Å². The Bertz CT molecular complexity index is 655. The van der Waals surface area contributed by atoms with E-state index in [2.05, 4.69) is 15.4 Å². The van der Waals surface area contributed by atoms with Crippen molar-refractivity contribution in [2.24, 2.45) is 11.8 Å². The molecule has 0 spiro atoms. The summed E-state index contributed by atoms with van der Waals surface area (Å²) >= 11 is 0. The third-order valence-corrected chi connectivity index (χ3v) is 4.61. The highest BCUT2D eigenvalue weighted by Gasteiger charge is 2.36. The van der Waals surface area contributed by atoms with Crippen LogP contribution in [0, 0.1) is 11.8 Å².